The number of rotatable bonds is 6. The minimum Gasteiger partial charge on any atom is -0.342 e. The molecule has 0 aliphatic carbocycles. The van der Waals surface area contributed by atoms with Crippen molar-refractivity contribution in [3.8, 4) is 0 Å². The number of aryl methyl sites for hydroxylation is 1. The average Bonchev–Trinajstić information content (AvgIpc) is 3.46. The Labute approximate surface area is 204 Å². The van der Waals surface area contributed by atoms with Gasteiger partial charge in [0.05, 0.1) is 5.92 Å². The first-order valence-corrected chi connectivity index (χ1v) is 12.8. The summed E-state index contributed by atoms with van der Waals surface area (Å²) in [7, 11) is 0. The maximum Gasteiger partial charge on any atom is 0.229 e. The summed E-state index contributed by atoms with van der Waals surface area (Å²) in [6.45, 7) is 9.80. The van der Waals surface area contributed by atoms with Crippen LogP contribution < -0.4 is 10.2 Å². The molecule has 2 saturated heterocycles. The van der Waals surface area contributed by atoms with E-state index in [1.165, 1.54) is 11.3 Å². The van der Waals surface area contributed by atoms with Crippen LogP contribution in [-0.4, -0.2) is 52.5 Å². The van der Waals surface area contributed by atoms with Crippen molar-refractivity contribution in [2.75, 3.05) is 29.9 Å². The van der Waals surface area contributed by atoms with Crippen molar-refractivity contribution in [1.29, 1.82) is 0 Å². The number of piperidine rings is 1. The number of benzene rings is 1. The Hall–Kier alpha value is -2.81. The van der Waals surface area contributed by atoms with Crippen LogP contribution in [0.25, 0.3) is 0 Å². The zero-order chi connectivity index (χ0) is 24.5. The van der Waals surface area contributed by atoms with E-state index in [-0.39, 0.29) is 41.4 Å². The number of amides is 3. The predicted octanol–water partition coefficient (Wildman–Crippen LogP) is 3.76. The van der Waals surface area contributed by atoms with Crippen molar-refractivity contribution < 1.29 is 14.4 Å². The van der Waals surface area contributed by atoms with E-state index in [1.54, 1.807) is 4.90 Å². The van der Waals surface area contributed by atoms with E-state index in [2.05, 4.69) is 36.3 Å². The van der Waals surface area contributed by atoms with Crippen LogP contribution in [0.2, 0.25) is 0 Å². The van der Waals surface area contributed by atoms with Gasteiger partial charge in [-0.2, -0.15) is 0 Å². The van der Waals surface area contributed by atoms with Crippen molar-refractivity contribution in [3.05, 3.63) is 34.8 Å². The smallest absolute Gasteiger partial charge is 0.229 e. The highest BCUT2D eigenvalue weighted by atomic mass is 32.1. The molecular formula is C25H33N5O3S. The Bertz CT molecular complexity index is 1060. The van der Waals surface area contributed by atoms with Crippen molar-refractivity contribution in [2.24, 2.45) is 11.8 Å². The van der Waals surface area contributed by atoms with Crippen molar-refractivity contribution in [2.45, 2.75) is 58.8 Å². The first-order valence-electron chi connectivity index (χ1n) is 12.0. The summed E-state index contributed by atoms with van der Waals surface area (Å²) in [6.07, 6.45) is 2.39. The molecule has 4 rings (SSSR count). The van der Waals surface area contributed by atoms with E-state index < -0.39 is 0 Å². The average molecular weight is 484 g/mol. The molecule has 1 aromatic heterocycles. The molecule has 9 heteroatoms. The summed E-state index contributed by atoms with van der Waals surface area (Å²) in [6, 6.07) is 7.80. The standard InChI is InChI=1S/C25H33N5O3S/c1-5-25(3,4)23-27-28-24(34-23)26-21(32)17-10-12-29(13-11-17)22(33)18-14-20(31)30(15-18)19-8-6-16(2)7-9-19/h6-9,17-18H,5,10-15H2,1-4H3,(H,26,28,32)/t18-/m1/s1. The SMILES string of the molecule is CCC(C)(C)c1nnc(NC(=O)C2CCN(C(=O)[C@@H]3CC(=O)N(c4ccc(C)cc4)C3)CC2)s1. The zero-order valence-corrected chi connectivity index (χ0v) is 21.2. The first kappa shape index (κ1) is 24.3. The summed E-state index contributed by atoms with van der Waals surface area (Å²) in [5.74, 6) is -0.562. The number of nitrogens with zero attached hydrogens (tertiary/aromatic N) is 4. The lowest BCUT2D eigenvalue weighted by Crippen LogP contribution is -2.44. The largest absolute Gasteiger partial charge is 0.342 e. The summed E-state index contributed by atoms with van der Waals surface area (Å²) in [5, 5.41) is 12.7. The maximum absolute atomic E-state index is 13.1. The van der Waals surface area contributed by atoms with Crippen LogP contribution in [0.1, 0.15) is 57.0 Å². The monoisotopic (exact) mass is 483 g/mol. The number of hydrogen-bond donors (Lipinski definition) is 1. The van der Waals surface area contributed by atoms with Gasteiger partial charge in [-0.05, 0) is 38.3 Å². The third-order valence-electron chi connectivity index (χ3n) is 7.12. The van der Waals surface area contributed by atoms with Gasteiger partial charge in [0.15, 0.2) is 0 Å². The molecule has 2 fully saturated rings. The highest BCUT2D eigenvalue weighted by molar-refractivity contribution is 7.15. The molecule has 2 aromatic rings. The van der Waals surface area contributed by atoms with Gasteiger partial charge in [0, 0.05) is 43.1 Å². The van der Waals surface area contributed by atoms with Crippen LogP contribution >= 0.6 is 11.3 Å². The molecule has 3 heterocycles. The fourth-order valence-electron chi connectivity index (χ4n) is 4.37. The maximum atomic E-state index is 13.1. The predicted molar refractivity (Wildman–Crippen MR) is 133 cm³/mol. The Balaban J connectivity index is 1.29. The topological polar surface area (TPSA) is 95.5 Å². The van der Waals surface area contributed by atoms with Gasteiger partial charge in [-0.25, -0.2) is 0 Å². The van der Waals surface area contributed by atoms with Gasteiger partial charge in [-0.15, -0.1) is 10.2 Å². The molecule has 0 spiro atoms. The first-order chi connectivity index (χ1) is 16.2. The Morgan fingerprint density at radius 1 is 1.12 bits per heavy atom. The molecule has 2 aliphatic heterocycles. The van der Waals surface area contributed by atoms with Gasteiger partial charge in [-0.3, -0.25) is 14.4 Å². The van der Waals surface area contributed by atoms with E-state index >= 15 is 0 Å². The lowest BCUT2D eigenvalue weighted by atomic mass is 9.91. The highest BCUT2D eigenvalue weighted by Gasteiger charge is 2.38. The van der Waals surface area contributed by atoms with Gasteiger partial charge in [-0.1, -0.05) is 49.8 Å². The second kappa shape index (κ2) is 9.82. The van der Waals surface area contributed by atoms with Crippen LogP contribution in [0, 0.1) is 18.8 Å². The van der Waals surface area contributed by atoms with Crippen molar-refractivity contribution in [1.82, 2.24) is 15.1 Å². The van der Waals surface area contributed by atoms with Gasteiger partial charge in [0.2, 0.25) is 22.9 Å². The van der Waals surface area contributed by atoms with Crippen molar-refractivity contribution >= 4 is 39.9 Å². The van der Waals surface area contributed by atoms with Gasteiger partial charge in [0.1, 0.15) is 5.01 Å². The molecule has 0 unspecified atom stereocenters. The quantitative estimate of drug-likeness (QED) is 0.675. The molecule has 1 N–H and O–H groups in total. The van der Waals surface area contributed by atoms with Crippen LogP contribution in [-0.2, 0) is 19.8 Å². The van der Waals surface area contributed by atoms with E-state index in [9.17, 15) is 14.4 Å². The summed E-state index contributed by atoms with van der Waals surface area (Å²) < 4.78 is 0. The molecular weight excluding hydrogens is 450 g/mol. The van der Waals surface area contributed by atoms with E-state index in [0.717, 1.165) is 22.7 Å². The third-order valence-corrected chi connectivity index (χ3v) is 8.32. The molecule has 0 saturated carbocycles. The van der Waals surface area contributed by atoms with E-state index in [0.29, 0.717) is 37.6 Å². The summed E-state index contributed by atoms with van der Waals surface area (Å²) in [4.78, 5) is 41.9. The zero-order valence-electron chi connectivity index (χ0n) is 20.3. The fraction of sp³-hybridized carbons (Fsp3) is 0.560. The molecule has 2 aliphatic rings. The lowest BCUT2D eigenvalue weighted by molar-refractivity contribution is -0.138. The number of anilines is 2. The Morgan fingerprint density at radius 2 is 1.79 bits per heavy atom. The van der Waals surface area contributed by atoms with Crippen LogP contribution in [0.5, 0.6) is 0 Å². The Morgan fingerprint density at radius 3 is 2.44 bits per heavy atom. The van der Waals surface area contributed by atoms with Gasteiger partial charge in [0.25, 0.3) is 0 Å². The fourth-order valence-corrected chi connectivity index (χ4v) is 5.29. The Kier molecular flexibility index (Phi) is 7.02. The number of aromatic nitrogens is 2. The molecule has 34 heavy (non-hydrogen) atoms. The second-order valence-electron chi connectivity index (χ2n) is 9.98. The number of nitrogens with one attached hydrogen (secondary N) is 1. The number of carbonyl (C=O) groups excluding carboxylic acids is 3. The number of hydrogen-bond acceptors (Lipinski definition) is 6. The normalized spacial score (nSPS) is 19.5. The third kappa shape index (κ3) is 5.14. The van der Waals surface area contributed by atoms with Crippen LogP contribution in [0.15, 0.2) is 24.3 Å². The van der Waals surface area contributed by atoms with E-state index in [4.69, 9.17) is 0 Å². The van der Waals surface area contributed by atoms with Gasteiger partial charge >= 0.3 is 0 Å². The molecule has 1 atom stereocenters. The summed E-state index contributed by atoms with van der Waals surface area (Å²) >= 11 is 1.42. The van der Waals surface area contributed by atoms with Crippen LogP contribution in [0.3, 0.4) is 0 Å². The number of carbonyl (C=O) groups is 3. The molecule has 3 amide bonds. The molecule has 1 aromatic carbocycles. The van der Waals surface area contributed by atoms with Gasteiger partial charge < -0.3 is 15.1 Å². The van der Waals surface area contributed by atoms with Crippen molar-refractivity contribution in [3.63, 3.8) is 0 Å². The minimum atomic E-state index is -0.332. The molecule has 182 valence electrons. The number of likely N-dealkylation sites (tertiary alicyclic amines) is 1. The molecule has 8 nitrogen and oxygen atoms in total. The van der Waals surface area contributed by atoms with Crippen LogP contribution in [0.4, 0.5) is 10.8 Å². The molecule has 0 bridgehead atoms. The highest BCUT2D eigenvalue weighted by Crippen LogP contribution is 2.32. The lowest BCUT2D eigenvalue weighted by Gasteiger charge is -2.32. The van der Waals surface area contributed by atoms with E-state index in [1.807, 2.05) is 36.1 Å². The minimum absolute atomic E-state index is 0.0115. The second-order valence-corrected chi connectivity index (χ2v) is 11.0. The summed E-state index contributed by atoms with van der Waals surface area (Å²) in [5.41, 5.74) is 1.90. The molecule has 0 radical (unpaired) electrons.